The fraction of sp³-hybridized carbons (Fsp3) is 0.259. The molecule has 5 heteroatoms. The predicted octanol–water partition coefficient (Wildman–Crippen LogP) is 5.42. The molecule has 4 aromatic rings. The number of para-hydroxylation sites is 4. The predicted molar refractivity (Wildman–Crippen MR) is 127 cm³/mol. The Hall–Kier alpha value is -3.60. The maximum absolute atomic E-state index is 12.8. The number of hydrogen-bond donors (Lipinski definition) is 0. The minimum Gasteiger partial charge on any atom is -0.494 e. The molecule has 2 heterocycles. The zero-order valence-electron chi connectivity index (χ0n) is 18.1. The van der Waals surface area contributed by atoms with Crippen LogP contribution in [0.15, 0.2) is 84.9 Å². The molecule has 1 atom stereocenters. The van der Waals surface area contributed by atoms with E-state index in [-0.39, 0.29) is 11.8 Å². The molecule has 162 valence electrons. The first-order valence-electron chi connectivity index (χ1n) is 11.3. The Morgan fingerprint density at radius 2 is 1.59 bits per heavy atom. The van der Waals surface area contributed by atoms with Gasteiger partial charge >= 0.3 is 0 Å². The second kappa shape index (κ2) is 9.27. The Morgan fingerprint density at radius 3 is 2.41 bits per heavy atom. The largest absolute Gasteiger partial charge is 0.494 e. The summed E-state index contributed by atoms with van der Waals surface area (Å²) in [4.78, 5) is 19.6. The molecule has 1 aliphatic rings. The highest BCUT2D eigenvalue weighted by molar-refractivity contribution is 5.96. The Morgan fingerprint density at radius 1 is 0.875 bits per heavy atom. The van der Waals surface area contributed by atoms with Crippen LogP contribution >= 0.6 is 0 Å². The van der Waals surface area contributed by atoms with Gasteiger partial charge < -0.3 is 14.2 Å². The molecule has 5 rings (SSSR count). The van der Waals surface area contributed by atoms with Gasteiger partial charge in [-0.1, -0.05) is 48.5 Å². The van der Waals surface area contributed by atoms with Crippen LogP contribution in [-0.4, -0.2) is 28.6 Å². The molecule has 1 amide bonds. The van der Waals surface area contributed by atoms with Crippen molar-refractivity contribution >= 4 is 22.6 Å². The zero-order chi connectivity index (χ0) is 21.8. The maximum Gasteiger partial charge on any atom is 0.227 e. The van der Waals surface area contributed by atoms with E-state index < -0.39 is 0 Å². The Bertz CT molecular complexity index is 1190. The van der Waals surface area contributed by atoms with Crippen molar-refractivity contribution in [2.24, 2.45) is 0 Å². The molecule has 1 fully saturated rings. The van der Waals surface area contributed by atoms with Gasteiger partial charge in [0.2, 0.25) is 5.91 Å². The van der Waals surface area contributed by atoms with Crippen LogP contribution in [0.5, 0.6) is 5.75 Å². The van der Waals surface area contributed by atoms with Crippen LogP contribution in [0.2, 0.25) is 0 Å². The number of anilines is 1. The summed E-state index contributed by atoms with van der Waals surface area (Å²) in [7, 11) is 0. The standard InChI is InChI=1S/C27H27N3O2/c31-26-19-21(20-30(26)22-11-3-1-4-12-22)27-28-24-15-7-8-16-25(24)29(27)17-9-10-18-32-23-13-5-2-6-14-23/h1-8,11-16,21H,9-10,17-20H2/t21-/m1/s1. The highest BCUT2D eigenvalue weighted by atomic mass is 16.5. The highest BCUT2D eigenvalue weighted by Crippen LogP contribution is 2.33. The molecule has 0 saturated carbocycles. The second-order valence-electron chi connectivity index (χ2n) is 8.22. The number of unbranched alkanes of at least 4 members (excludes halogenated alkanes) is 1. The summed E-state index contributed by atoms with van der Waals surface area (Å²) in [6.07, 6.45) is 2.44. The van der Waals surface area contributed by atoms with Crippen LogP contribution in [0, 0.1) is 0 Å². The number of aromatic nitrogens is 2. The number of amides is 1. The smallest absolute Gasteiger partial charge is 0.227 e. The molecule has 0 unspecified atom stereocenters. The summed E-state index contributed by atoms with van der Waals surface area (Å²) in [5.74, 6) is 2.18. The second-order valence-corrected chi connectivity index (χ2v) is 8.22. The maximum atomic E-state index is 12.8. The number of nitrogens with zero attached hydrogens (tertiary/aromatic N) is 3. The van der Waals surface area contributed by atoms with E-state index in [1.54, 1.807) is 0 Å². The van der Waals surface area contributed by atoms with Crippen LogP contribution in [0.4, 0.5) is 5.69 Å². The summed E-state index contributed by atoms with van der Waals surface area (Å²) in [6.45, 7) is 2.23. The summed E-state index contributed by atoms with van der Waals surface area (Å²) in [5.41, 5.74) is 3.09. The van der Waals surface area contributed by atoms with Gasteiger partial charge in [0.05, 0.1) is 17.6 Å². The lowest BCUT2D eigenvalue weighted by Gasteiger charge is -2.17. The number of rotatable bonds is 8. The minimum atomic E-state index is 0.0932. The number of carbonyl (C=O) groups excluding carboxylic acids is 1. The SMILES string of the molecule is O=C1C[C@@H](c2nc3ccccc3n2CCCCOc2ccccc2)CN1c1ccccc1. The molecule has 5 nitrogen and oxygen atoms in total. The molecular formula is C27H27N3O2. The molecule has 0 bridgehead atoms. The van der Waals surface area contributed by atoms with E-state index in [4.69, 9.17) is 9.72 Å². The van der Waals surface area contributed by atoms with Gasteiger partial charge in [0.1, 0.15) is 11.6 Å². The van der Waals surface area contributed by atoms with E-state index in [2.05, 4.69) is 22.8 Å². The summed E-state index contributed by atoms with van der Waals surface area (Å²) in [6, 6.07) is 28.1. The average molecular weight is 426 g/mol. The van der Waals surface area contributed by atoms with Crippen LogP contribution in [0.3, 0.4) is 0 Å². The molecule has 32 heavy (non-hydrogen) atoms. The van der Waals surface area contributed by atoms with Gasteiger partial charge in [-0.2, -0.15) is 0 Å². The van der Waals surface area contributed by atoms with Gasteiger partial charge in [-0.3, -0.25) is 4.79 Å². The number of fused-ring (bicyclic) bond motifs is 1. The molecule has 3 aromatic carbocycles. The molecule has 0 aliphatic carbocycles. The van der Waals surface area contributed by atoms with Crippen molar-refractivity contribution in [2.75, 3.05) is 18.1 Å². The molecule has 0 spiro atoms. The van der Waals surface area contributed by atoms with Crippen LogP contribution in [-0.2, 0) is 11.3 Å². The van der Waals surface area contributed by atoms with E-state index in [1.165, 1.54) is 0 Å². The molecule has 0 radical (unpaired) electrons. The number of aryl methyl sites for hydroxylation is 1. The monoisotopic (exact) mass is 425 g/mol. The number of carbonyl (C=O) groups is 1. The Labute approximate surface area is 188 Å². The number of imidazole rings is 1. The van der Waals surface area contributed by atoms with Crippen molar-refractivity contribution in [1.82, 2.24) is 9.55 Å². The lowest BCUT2D eigenvalue weighted by molar-refractivity contribution is -0.117. The van der Waals surface area contributed by atoms with E-state index in [0.717, 1.165) is 47.7 Å². The third-order valence-corrected chi connectivity index (χ3v) is 6.03. The average Bonchev–Trinajstić information content (AvgIpc) is 3.40. The van der Waals surface area contributed by atoms with E-state index in [0.29, 0.717) is 19.6 Å². The van der Waals surface area contributed by atoms with Crippen molar-refractivity contribution in [3.63, 3.8) is 0 Å². The molecule has 1 saturated heterocycles. The van der Waals surface area contributed by atoms with E-state index >= 15 is 0 Å². The van der Waals surface area contributed by atoms with Gasteiger partial charge in [0.15, 0.2) is 0 Å². The molecule has 0 N–H and O–H groups in total. The fourth-order valence-electron chi connectivity index (χ4n) is 4.46. The lowest BCUT2D eigenvalue weighted by Crippen LogP contribution is -2.24. The van der Waals surface area contributed by atoms with E-state index in [9.17, 15) is 4.79 Å². The first-order valence-corrected chi connectivity index (χ1v) is 11.3. The van der Waals surface area contributed by atoms with Gasteiger partial charge in [-0.05, 0) is 49.2 Å². The van der Waals surface area contributed by atoms with Gasteiger partial charge in [-0.15, -0.1) is 0 Å². The van der Waals surface area contributed by atoms with Crippen molar-refractivity contribution in [2.45, 2.75) is 31.7 Å². The molecular weight excluding hydrogens is 398 g/mol. The van der Waals surface area contributed by atoms with Crippen molar-refractivity contribution in [3.8, 4) is 5.75 Å². The van der Waals surface area contributed by atoms with Crippen LogP contribution in [0.1, 0.15) is 31.0 Å². The van der Waals surface area contributed by atoms with E-state index in [1.807, 2.05) is 71.6 Å². The van der Waals surface area contributed by atoms with Gasteiger partial charge in [0, 0.05) is 31.1 Å². The van der Waals surface area contributed by atoms with Gasteiger partial charge in [0.25, 0.3) is 0 Å². The van der Waals surface area contributed by atoms with Crippen LogP contribution in [0.25, 0.3) is 11.0 Å². The zero-order valence-corrected chi connectivity index (χ0v) is 18.1. The molecule has 1 aliphatic heterocycles. The normalized spacial score (nSPS) is 16.1. The Kier molecular flexibility index (Phi) is 5.88. The number of benzene rings is 3. The van der Waals surface area contributed by atoms with Gasteiger partial charge in [-0.25, -0.2) is 4.98 Å². The highest BCUT2D eigenvalue weighted by Gasteiger charge is 2.34. The third kappa shape index (κ3) is 4.24. The summed E-state index contributed by atoms with van der Waals surface area (Å²) >= 11 is 0. The minimum absolute atomic E-state index is 0.0932. The van der Waals surface area contributed by atoms with Crippen LogP contribution < -0.4 is 9.64 Å². The quantitative estimate of drug-likeness (QED) is 0.354. The number of ether oxygens (including phenoxy) is 1. The third-order valence-electron chi connectivity index (χ3n) is 6.03. The summed E-state index contributed by atoms with van der Waals surface area (Å²) in [5, 5.41) is 0. The topological polar surface area (TPSA) is 47.4 Å². The lowest BCUT2D eigenvalue weighted by atomic mass is 10.1. The first kappa shape index (κ1) is 20.3. The Balaban J connectivity index is 1.30. The van der Waals surface area contributed by atoms with Crippen molar-refractivity contribution in [1.29, 1.82) is 0 Å². The van der Waals surface area contributed by atoms with Crippen molar-refractivity contribution in [3.05, 3.63) is 90.8 Å². The molecule has 1 aromatic heterocycles. The van der Waals surface area contributed by atoms with Crippen molar-refractivity contribution < 1.29 is 9.53 Å². The first-order chi connectivity index (χ1) is 15.8. The number of hydrogen-bond acceptors (Lipinski definition) is 3. The summed E-state index contributed by atoms with van der Waals surface area (Å²) < 4.78 is 8.15. The fourth-order valence-corrected chi connectivity index (χ4v) is 4.46.